The van der Waals surface area contributed by atoms with Gasteiger partial charge in [-0.15, -0.1) is 0 Å². The van der Waals surface area contributed by atoms with Crippen LogP contribution >= 0.6 is 0 Å². The number of hydrogen-bond acceptors (Lipinski definition) is 3. The fraction of sp³-hybridized carbons (Fsp3) is 0.571. The van der Waals surface area contributed by atoms with Crippen molar-refractivity contribution >= 4 is 0 Å². The third-order valence-corrected chi connectivity index (χ3v) is 3.25. The first-order valence-corrected chi connectivity index (χ1v) is 6.37. The second-order valence-corrected chi connectivity index (χ2v) is 4.69. The molecule has 1 saturated heterocycles. The van der Waals surface area contributed by atoms with E-state index in [-0.39, 0.29) is 0 Å². The summed E-state index contributed by atoms with van der Waals surface area (Å²) in [7, 11) is 2.17. The van der Waals surface area contributed by atoms with Crippen molar-refractivity contribution in [3.63, 3.8) is 0 Å². The number of likely N-dealkylation sites (N-methyl/N-ethyl adjacent to an activating group) is 1. The van der Waals surface area contributed by atoms with Crippen LogP contribution in [0.15, 0.2) is 30.3 Å². The summed E-state index contributed by atoms with van der Waals surface area (Å²) in [6.07, 6.45) is 1.01. The van der Waals surface area contributed by atoms with E-state index in [1.54, 1.807) is 0 Å². The van der Waals surface area contributed by atoms with Gasteiger partial charge in [0.2, 0.25) is 0 Å². The normalized spacial score (nSPS) is 18.4. The number of ether oxygens (including phenoxy) is 1. The Hall–Kier alpha value is -0.900. The van der Waals surface area contributed by atoms with Crippen LogP contribution in [0.25, 0.3) is 0 Å². The first-order valence-electron chi connectivity index (χ1n) is 6.37. The zero-order chi connectivity index (χ0) is 11.9. The van der Waals surface area contributed by atoms with Crippen LogP contribution in [0.1, 0.15) is 5.56 Å². The van der Waals surface area contributed by atoms with E-state index in [2.05, 4.69) is 47.2 Å². The van der Waals surface area contributed by atoms with Crippen molar-refractivity contribution in [2.75, 3.05) is 46.6 Å². The predicted molar refractivity (Wildman–Crippen MR) is 70.0 cm³/mol. The number of rotatable bonds is 5. The van der Waals surface area contributed by atoms with Crippen molar-refractivity contribution in [1.29, 1.82) is 0 Å². The SMILES string of the molecule is CN1CCN(COCCc2ccccc2)CC1. The number of hydrogen-bond donors (Lipinski definition) is 0. The Labute approximate surface area is 104 Å². The van der Waals surface area contributed by atoms with Gasteiger partial charge in [-0.3, -0.25) is 4.90 Å². The van der Waals surface area contributed by atoms with E-state index in [4.69, 9.17) is 4.74 Å². The lowest BCUT2D eigenvalue weighted by atomic mass is 10.2. The van der Waals surface area contributed by atoms with Crippen LogP contribution in [0.4, 0.5) is 0 Å². The fourth-order valence-electron chi connectivity index (χ4n) is 2.01. The maximum Gasteiger partial charge on any atom is 0.0991 e. The maximum atomic E-state index is 5.72. The van der Waals surface area contributed by atoms with Gasteiger partial charge in [0.25, 0.3) is 0 Å². The molecule has 1 aliphatic heterocycles. The van der Waals surface area contributed by atoms with Gasteiger partial charge in [-0.1, -0.05) is 30.3 Å². The molecule has 1 aromatic rings. The lowest BCUT2D eigenvalue weighted by Crippen LogP contribution is -2.45. The van der Waals surface area contributed by atoms with Gasteiger partial charge < -0.3 is 9.64 Å². The summed E-state index contributed by atoms with van der Waals surface area (Å²) >= 11 is 0. The lowest BCUT2D eigenvalue weighted by molar-refractivity contribution is 0.00760. The van der Waals surface area contributed by atoms with E-state index in [0.717, 1.165) is 45.9 Å². The molecule has 1 aromatic carbocycles. The predicted octanol–water partition coefficient (Wildman–Crippen LogP) is 1.45. The van der Waals surface area contributed by atoms with Gasteiger partial charge in [-0.2, -0.15) is 0 Å². The molecule has 0 spiro atoms. The van der Waals surface area contributed by atoms with E-state index in [0.29, 0.717) is 0 Å². The van der Waals surface area contributed by atoms with Crippen molar-refractivity contribution in [3.05, 3.63) is 35.9 Å². The zero-order valence-corrected chi connectivity index (χ0v) is 10.6. The molecule has 0 aromatic heterocycles. The molecule has 2 rings (SSSR count). The summed E-state index contributed by atoms with van der Waals surface area (Å²) < 4.78 is 5.72. The molecule has 0 amide bonds. The molecule has 1 aliphatic rings. The van der Waals surface area contributed by atoms with Crippen LogP contribution < -0.4 is 0 Å². The largest absolute Gasteiger partial charge is 0.366 e. The van der Waals surface area contributed by atoms with Crippen molar-refractivity contribution in [2.24, 2.45) is 0 Å². The van der Waals surface area contributed by atoms with Crippen LogP contribution in [0, 0.1) is 0 Å². The van der Waals surface area contributed by atoms with E-state index in [1.807, 2.05) is 0 Å². The van der Waals surface area contributed by atoms with E-state index in [9.17, 15) is 0 Å². The summed E-state index contributed by atoms with van der Waals surface area (Å²) in [6.45, 7) is 6.16. The number of piperazine rings is 1. The molecule has 1 fully saturated rings. The van der Waals surface area contributed by atoms with Gasteiger partial charge in [-0.05, 0) is 19.0 Å². The van der Waals surface area contributed by atoms with E-state index in [1.165, 1.54) is 5.56 Å². The average Bonchev–Trinajstić information content (AvgIpc) is 2.38. The zero-order valence-electron chi connectivity index (χ0n) is 10.6. The maximum absolute atomic E-state index is 5.72. The van der Waals surface area contributed by atoms with Gasteiger partial charge in [0.05, 0.1) is 13.3 Å². The van der Waals surface area contributed by atoms with Gasteiger partial charge >= 0.3 is 0 Å². The fourth-order valence-corrected chi connectivity index (χ4v) is 2.01. The molecular formula is C14H22N2O. The highest BCUT2D eigenvalue weighted by Gasteiger charge is 2.12. The number of nitrogens with zero attached hydrogens (tertiary/aromatic N) is 2. The standard InChI is InChI=1S/C14H22N2O/c1-15-8-10-16(11-9-15)13-17-12-7-14-5-3-2-4-6-14/h2-6H,7-13H2,1H3. The molecule has 1 heterocycles. The molecule has 0 radical (unpaired) electrons. The van der Waals surface area contributed by atoms with Crippen molar-refractivity contribution < 1.29 is 4.74 Å². The van der Waals surface area contributed by atoms with Gasteiger partial charge in [0, 0.05) is 26.2 Å². The first kappa shape index (κ1) is 12.6. The highest BCUT2D eigenvalue weighted by atomic mass is 16.5. The summed E-state index contributed by atoms with van der Waals surface area (Å²) in [6, 6.07) is 10.5. The quantitative estimate of drug-likeness (QED) is 0.717. The molecule has 0 atom stereocenters. The van der Waals surface area contributed by atoms with Crippen LogP contribution in [0.3, 0.4) is 0 Å². The molecular weight excluding hydrogens is 212 g/mol. The Kier molecular flexibility index (Phi) is 4.98. The second kappa shape index (κ2) is 6.74. The Balaban J connectivity index is 1.57. The molecule has 3 heteroatoms. The minimum atomic E-state index is 0.778. The first-order chi connectivity index (χ1) is 8.34. The smallest absolute Gasteiger partial charge is 0.0991 e. The molecule has 3 nitrogen and oxygen atoms in total. The van der Waals surface area contributed by atoms with E-state index >= 15 is 0 Å². The van der Waals surface area contributed by atoms with Crippen LogP contribution in [0.2, 0.25) is 0 Å². The van der Waals surface area contributed by atoms with Crippen LogP contribution in [0.5, 0.6) is 0 Å². The molecule has 0 bridgehead atoms. The third kappa shape index (κ3) is 4.46. The highest BCUT2D eigenvalue weighted by Crippen LogP contribution is 2.01. The van der Waals surface area contributed by atoms with Gasteiger partial charge in [-0.25, -0.2) is 0 Å². The molecule has 94 valence electrons. The number of benzene rings is 1. The Morgan fingerprint density at radius 1 is 1.06 bits per heavy atom. The van der Waals surface area contributed by atoms with Gasteiger partial charge in [0.1, 0.15) is 0 Å². The summed E-state index contributed by atoms with van der Waals surface area (Å²) in [5.74, 6) is 0. The Morgan fingerprint density at radius 2 is 1.76 bits per heavy atom. The van der Waals surface area contributed by atoms with Crippen molar-refractivity contribution in [2.45, 2.75) is 6.42 Å². The molecule has 0 N–H and O–H groups in total. The van der Waals surface area contributed by atoms with Crippen molar-refractivity contribution in [1.82, 2.24) is 9.80 Å². The minimum Gasteiger partial charge on any atom is -0.366 e. The molecule has 17 heavy (non-hydrogen) atoms. The third-order valence-electron chi connectivity index (χ3n) is 3.25. The second-order valence-electron chi connectivity index (χ2n) is 4.69. The minimum absolute atomic E-state index is 0.778. The van der Waals surface area contributed by atoms with Crippen LogP contribution in [-0.2, 0) is 11.2 Å². The molecule has 0 saturated carbocycles. The summed E-state index contributed by atoms with van der Waals surface area (Å²) in [5.41, 5.74) is 1.35. The summed E-state index contributed by atoms with van der Waals surface area (Å²) in [5, 5.41) is 0. The van der Waals surface area contributed by atoms with Crippen LogP contribution in [-0.4, -0.2) is 56.4 Å². The average molecular weight is 234 g/mol. The monoisotopic (exact) mass is 234 g/mol. The van der Waals surface area contributed by atoms with Crippen molar-refractivity contribution in [3.8, 4) is 0 Å². The van der Waals surface area contributed by atoms with Gasteiger partial charge in [0.15, 0.2) is 0 Å². The molecule has 0 unspecified atom stereocenters. The highest BCUT2D eigenvalue weighted by molar-refractivity contribution is 5.14. The summed E-state index contributed by atoms with van der Waals surface area (Å²) in [4.78, 5) is 4.74. The lowest BCUT2D eigenvalue weighted by Gasteiger charge is -2.31. The molecule has 0 aliphatic carbocycles. The Morgan fingerprint density at radius 3 is 2.47 bits per heavy atom. The Bertz CT molecular complexity index is 307. The topological polar surface area (TPSA) is 15.7 Å². The van der Waals surface area contributed by atoms with E-state index < -0.39 is 0 Å².